The van der Waals surface area contributed by atoms with Crippen molar-refractivity contribution in [2.45, 2.75) is 13.3 Å². The molecule has 0 amide bonds. The normalized spacial score (nSPS) is 11.3. The molecule has 2 nitrogen and oxygen atoms in total. The predicted octanol–water partition coefficient (Wildman–Crippen LogP) is 3.67. The summed E-state index contributed by atoms with van der Waals surface area (Å²) in [5.74, 6) is 0. The summed E-state index contributed by atoms with van der Waals surface area (Å²) in [7, 11) is 0. The van der Waals surface area contributed by atoms with E-state index in [0.717, 1.165) is 18.5 Å². The Hall–Kier alpha value is -1.35. The van der Waals surface area contributed by atoms with Crippen molar-refractivity contribution in [2.24, 2.45) is 0 Å². The van der Waals surface area contributed by atoms with Crippen LogP contribution in [0.4, 0.5) is 5.00 Å². The molecule has 0 saturated heterocycles. The Bertz CT molecular complexity index is 459. The second-order valence-electron chi connectivity index (χ2n) is 3.31. The predicted molar refractivity (Wildman–Crippen MR) is 67.5 cm³/mol. The minimum absolute atomic E-state index is 0.969. The summed E-state index contributed by atoms with van der Waals surface area (Å²) in [5, 5.41) is 5.81. The fourth-order valence-electron chi connectivity index (χ4n) is 1.45. The van der Waals surface area contributed by atoms with Crippen molar-refractivity contribution in [3.63, 3.8) is 0 Å². The van der Waals surface area contributed by atoms with Gasteiger partial charge in [-0.3, -0.25) is 0 Å². The highest BCUT2D eigenvalue weighted by Crippen LogP contribution is 2.26. The number of hydrogen-bond acceptors (Lipinski definition) is 3. The highest BCUT2D eigenvalue weighted by atomic mass is 32.1. The third-order valence-electron chi connectivity index (χ3n) is 2.22. The first kappa shape index (κ1) is 10.2. The molecule has 0 aliphatic rings. The summed E-state index contributed by atoms with van der Waals surface area (Å²) < 4.78 is 4.38. The van der Waals surface area contributed by atoms with Crippen molar-refractivity contribution >= 4 is 27.4 Å². The maximum Gasteiger partial charge on any atom is 0.117 e. The molecule has 1 aromatic heterocycles. The van der Waals surface area contributed by atoms with Gasteiger partial charge in [-0.2, -0.15) is 4.37 Å². The Balaban J connectivity index is 2.08. The van der Waals surface area contributed by atoms with Gasteiger partial charge in [0.05, 0.1) is 5.52 Å². The van der Waals surface area contributed by atoms with E-state index in [1.54, 1.807) is 0 Å². The van der Waals surface area contributed by atoms with Gasteiger partial charge >= 0.3 is 0 Å². The number of nitrogens with zero attached hydrogens (tertiary/aromatic N) is 1. The minimum Gasteiger partial charge on any atom is -0.375 e. The van der Waals surface area contributed by atoms with Crippen molar-refractivity contribution in [2.75, 3.05) is 11.9 Å². The highest BCUT2D eigenvalue weighted by Gasteiger charge is 2.02. The van der Waals surface area contributed by atoms with Crippen molar-refractivity contribution in [3.8, 4) is 0 Å². The summed E-state index contributed by atoms with van der Waals surface area (Å²) in [6.45, 7) is 3.01. The summed E-state index contributed by atoms with van der Waals surface area (Å²) in [6.07, 6.45) is 5.30. The summed E-state index contributed by atoms with van der Waals surface area (Å²) in [6, 6.07) is 8.22. The number of benzene rings is 1. The molecule has 0 fully saturated rings. The van der Waals surface area contributed by atoms with E-state index >= 15 is 0 Å². The van der Waals surface area contributed by atoms with E-state index in [2.05, 4.69) is 27.9 Å². The molecule has 0 spiro atoms. The lowest BCUT2D eigenvalue weighted by Crippen LogP contribution is -1.97. The first-order valence-corrected chi connectivity index (χ1v) is 5.88. The lowest BCUT2D eigenvalue weighted by atomic mass is 10.2. The first-order valence-electron chi connectivity index (χ1n) is 5.11. The minimum atomic E-state index is 0.969. The van der Waals surface area contributed by atoms with E-state index < -0.39 is 0 Å². The fraction of sp³-hybridized carbons (Fsp3) is 0.250. The van der Waals surface area contributed by atoms with Gasteiger partial charge in [0.1, 0.15) is 5.00 Å². The Morgan fingerprint density at radius 3 is 3.13 bits per heavy atom. The maximum atomic E-state index is 4.38. The van der Waals surface area contributed by atoms with Crippen LogP contribution in [0.2, 0.25) is 0 Å². The van der Waals surface area contributed by atoms with Gasteiger partial charge in [-0.1, -0.05) is 24.3 Å². The summed E-state index contributed by atoms with van der Waals surface area (Å²) >= 11 is 1.54. The van der Waals surface area contributed by atoms with Crippen LogP contribution in [-0.4, -0.2) is 10.9 Å². The molecule has 1 heterocycles. The first-order chi connectivity index (χ1) is 7.42. The van der Waals surface area contributed by atoms with Gasteiger partial charge in [0.15, 0.2) is 0 Å². The standard InChI is InChI=1S/C12H14N2S/c1-2-3-6-9-13-12-10-7-4-5-8-11(10)14-15-12/h2-5,7-8,13H,6,9H2,1H3/b3-2+. The van der Waals surface area contributed by atoms with E-state index in [4.69, 9.17) is 0 Å². The number of fused-ring (bicyclic) bond motifs is 1. The van der Waals surface area contributed by atoms with Gasteiger partial charge in [0.25, 0.3) is 0 Å². The van der Waals surface area contributed by atoms with Crippen LogP contribution in [0.25, 0.3) is 10.9 Å². The maximum absolute atomic E-state index is 4.38. The Morgan fingerprint density at radius 1 is 1.40 bits per heavy atom. The molecule has 0 atom stereocenters. The van der Waals surface area contributed by atoms with Gasteiger partial charge in [-0.25, -0.2) is 0 Å². The van der Waals surface area contributed by atoms with Gasteiger partial charge in [0, 0.05) is 11.9 Å². The number of anilines is 1. The van der Waals surface area contributed by atoms with Crippen LogP contribution in [0.15, 0.2) is 36.4 Å². The van der Waals surface area contributed by atoms with Crippen LogP contribution in [0.1, 0.15) is 13.3 Å². The number of hydrogen-bond donors (Lipinski definition) is 1. The lowest BCUT2D eigenvalue weighted by molar-refractivity contribution is 1.07. The highest BCUT2D eigenvalue weighted by molar-refractivity contribution is 7.11. The average molecular weight is 218 g/mol. The Labute approximate surface area is 93.8 Å². The molecule has 0 saturated carbocycles. The molecule has 3 heteroatoms. The number of nitrogens with one attached hydrogen (secondary N) is 1. The molecular weight excluding hydrogens is 204 g/mol. The topological polar surface area (TPSA) is 24.9 Å². The molecule has 2 rings (SSSR count). The molecule has 1 N–H and O–H groups in total. The van der Waals surface area contributed by atoms with Crippen LogP contribution in [0.3, 0.4) is 0 Å². The third-order valence-corrected chi connectivity index (χ3v) is 3.05. The Morgan fingerprint density at radius 2 is 2.27 bits per heavy atom. The molecule has 0 radical (unpaired) electrons. The van der Waals surface area contributed by atoms with E-state index in [1.165, 1.54) is 21.9 Å². The smallest absolute Gasteiger partial charge is 0.117 e. The zero-order valence-corrected chi connectivity index (χ0v) is 9.55. The van der Waals surface area contributed by atoms with Gasteiger partial charge in [0.2, 0.25) is 0 Å². The summed E-state index contributed by atoms with van der Waals surface area (Å²) in [4.78, 5) is 0. The molecular formula is C12H14N2S. The summed E-state index contributed by atoms with van der Waals surface area (Å²) in [5.41, 5.74) is 1.08. The lowest BCUT2D eigenvalue weighted by Gasteiger charge is -2.00. The largest absolute Gasteiger partial charge is 0.375 e. The molecule has 0 aliphatic heterocycles. The zero-order valence-electron chi connectivity index (χ0n) is 8.73. The van der Waals surface area contributed by atoms with Crippen LogP contribution < -0.4 is 5.32 Å². The number of rotatable bonds is 4. The average Bonchev–Trinajstić information content (AvgIpc) is 2.68. The molecule has 0 unspecified atom stereocenters. The van der Waals surface area contributed by atoms with E-state index in [9.17, 15) is 0 Å². The number of aromatic nitrogens is 1. The molecule has 2 aromatic rings. The van der Waals surface area contributed by atoms with Crippen LogP contribution in [-0.2, 0) is 0 Å². The van der Waals surface area contributed by atoms with Crippen molar-refractivity contribution in [1.82, 2.24) is 4.37 Å². The SMILES string of the molecule is C/C=C/CCNc1snc2ccccc12. The van der Waals surface area contributed by atoms with Crippen LogP contribution in [0, 0.1) is 0 Å². The van der Waals surface area contributed by atoms with Gasteiger partial charge < -0.3 is 5.32 Å². The molecule has 0 aliphatic carbocycles. The monoisotopic (exact) mass is 218 g/mol. The van der Waals surface area contributed by atoms with Gasteiger partial charge in [-0.15, -0.1) is 0 Å². The Kier molecular flexibility index (Phi) is 3.35. The second kappa shape index (κ2) is 4.94. The van der Waals surface area contributed by atoms with E-state index in [1.807, 2.05) is 25.1 Å². The molecule has 1 aromatic carbocycles. The zero-order chi connectivity index (χ0) is 10.5. The van der Waals surface area contributed by atoms with Crippen molar-refractivity contribution in [1.29, 1.82) is 0 Å². The van der Waals surface area contributed by atoms with Gasteiger partial charge in [-0.05, 0) is 37.0 Å². The van der Waals surface area contributed by atoms with Crippen LogP contribution in [0.5, 0.6) is 0 Å². The van der Waals surface area contributed by atoms with E-state index in [0.29, 0.717) is 0 Å². The van der Waals surface area contributed by atoms with E-state index in [-0.39, 0.29) is 0 Å². The quantitative estimate of drug-likeness (QED) is 0.625. The fourth-order valence-corrected chi connectivity index (χ4v) is 2.24. The van der Waals surface area contributed by atoms with Crippen molar-refractivity contribution in [3.05, 3.63) is 36.4 Å². The molecule has 0 bridgehead atoms. The van der Waals surface area contributed by atoms with Crippen molar-refractivity contribution < 1.29 is 0 Å². The molecule has 15 heavy (non-hydrogen) atoms. The molecule has 78 valence electrons. The third kappa shape index (κ3) is 2.36. The van der Waals surface area contributed by atoms with Crippen LogP contribution >= 0.6 is 11.5 Å². The second-order valence-corrected chi connectivity index (χ2v) is 4.09. The number of allylic oxidation sites excluding steroid dienone is 1.